The molecule has 0 fully saturated rings. The number of benzene rings is 2. The molecule has 0 aliphatic rings. The molecule has 0 bridgehead atoms. The largest absolute Gasteiger partial charge is 0.330 e. The van der Waals surface area contributed by atoms with Crippen LogP contribution < -0.4 is 5.32 Å². The Bertz CT molecular complexity index is 1240. The number of nitrogens with zero attached hydrogens (tertiary/aromatic N) is 5. The summed E-state index contributed by atoms with van der Waals surface area (Å²) in [4.78, 5) is 16.6. The van der Waals surface area contributed by atoms with Crippen LogP contribution in [0.4, 0.5) is 10.1 Å². The summed E-state index contributed by atoms with van der Waals surface area (Å²) in [5.74, 6) is 0.560. The molecule has 158 valence electrons. The molecule has 10 heteroatoms. The van der Waals surface area contributed by atoms with Crippen molar-refractivity contribution >= 4 is 23.4 Å². The van der Waals surface area contributed by atoms with Crippen molar-refractivity contribution in [1.82, 2.24) is 24.9 Å². The smallest absolute Gasteiger partial charge is 0.296 e. The Morgan fingerprint density at radius 3 is 2.68 bits per heavy atom. The number of hydrogen-bond acceptors (Lipinski definition) is 7. The standard InChI is InChI=1S/C21H19FN6O2S/c1-12-4-9-16(13(2)10-12)23-17(29)11-31-21-26-25-19(28(21)3)20-24-18(27-30-20)14-5-7-15(22)8-6-14/h4-10H,11H2,1-3H3,(H,23,29). The quantitative estimate of drug-likeness (QED) is 0.454. The predicted octanol–water partition coefficient (Wildman–Crippen LogP) is 4.02. The fraction of sp³-hybridized carbons (Fsp3) is 0.190. The summed E-state index contributed by atoms with van der Waals surface area (Å²) in [7, 11) is 1.75. The Balaban J connectivity index is 1.42. The van der Waals surface area contributed by atoms with Crippen molar-refractivity contribution in [3.8, 4) is 23.1 Å². The molecule has 1 amide bonds. The molecule has 1 N–H and O–H groups in total. The normalized spacial score (nSPS) is 11.0. The monoisotopic (exact) mass is 438 g/mol. The molecule has 4 aromatic rings. The number of halogens is 1. The summed E-state index contributed by atoms with van der Waals surface area (Å²) in [6.07, 6.45) is 0. The fourth-order valence-electron chi connectivity index (χ4n) is 2.93. The fourth-order valence-corrected chi connectivity index (χ4v) is 3.64. The molecule has 2 aromatic carbocycles. The number of nitrogens with one attached hydrogen (secondary N) is 1. The number of aryl methyl sites for hydroxylation is 2. The molecule has 0 atom stereocenters. The van der Waals surface area contributed by atoms with E-state index in [4.69, 9.17) is 4.52 Å². The number of rotatable bonds is 6. The van der Waals surface area contributed by atoms with Crippen LogP contribution in [0.1, 0.15) is 11.1 Å². The van der Waals surface area contributed by atoms with Crippen LogP contribution >= 0.6 is 11.8 Å². The maximum Gasteiger partial charge on any atom is 0.296 e. The van der Waals surface area contributed by atoms with Crippen molar-refractivity contribution in [2.75, 3.05) is 11.1 Å². The predicted molar refractivity (Wildman–Crippen MR) is 115 cm³/mol. The number of hydrogen-bond donors (Lipinski definition) is 1. The van der Waals surface area contributed by atoms with Gasteiger partial charge in [-0.1, -0.05) is 34.6 Å². The lowest BCUT2D eigenvalue weighted by Gasteiger charge is -2.08. The minimum absolute atomic E-state index is 0.141. The minimum atomic E-state index is -0.344. The van der Waals surface area contributed by atoms with E-state index in [-0.39, 0.29) is 23.4 Å². The van der Waals surface area contributed by atoms with Gasteiger partial charge in [0.1, 0.15) is 5.82 Å². The third-order valence-electron chi connectivity index (χ3n) is 4.54. The third-order valence-corrected chi connectivity index (χ3v) is 5.56. The van der Waals surface area contributed by atoms with Crippen LogP contribution in [-0.2, 0) is 11.8 Å². The molecule has 4 rings (SSSR count). The van der Waals surface area contributed by atoms with Gasteiger partial charge in [-0.25, -0.2) is 4.39 Å². The van der Waals surface area contributed by atoms with Crippen molar-refractivity contribution in [3.05, 3.63) is 59.4 Å². The van der Waals surface area contributed by atoms with Gasteiger partial charge in [-0.3, -0.25) is 4.79 Å². The molecule has 8 nitrogen and oxygen atoms in total. The van der Waals surface area contributed by atoms with Crippen LogP contribution in [0.2, 0.25) is 0 Å². The molecule has 31 heavy (non-hydrogen) atoms. The summed E-state index contributed by atoms with van der Waals surface area (Å²) >= 11 is 1.25. The van der Waals surface area contributed by atoms with E-state index in [1.807, 2.05) is 32.0 Å². The van der Waals surface area contributed by atoms with E-state index in [0.717, 1.165) is 16.8 Å². The highest BCUT2D eigenvalue weighted by atomic mass is 32.2. The van der Waals surface area contributed by atoms with Gasteiger partial charge in [-0.05, 0) is 49.7 Å². The molecule has 0 spiro atoms. The average Bonchev–Trinajstić information content (AvgIpc) is 3.36. The molecule has 2 heterocycles. The topological polar surface area (TPSA) is 98.7 Å². The van der Waals surface area contributed by atoms with E-state index in [9.17, 15) is 9.18 Å². The molecular weight excluding hydrogens is 419 g/mol. The maximum absolute atomic E-state index is 13.1. The van der Waals surface area contributed by atoms with Crippen molar-refractivity contribution in [2.45, 2.75) is 19.0 Å². The number of thioether (sulfide) groups is 1. The van der Waals surface area contributed by atoms with Gasteiger partial charge in [-0.15, -0.1) is 10.2 Å². The highest BCUT2D eigenvalue weighted by molar-refractivity contribution is 7.99. The first-order valence-corrected chi connectivity index (χ1v) is 10.4. The van der Waals surface area contributed by atoms with Gasteiger partial charge in [0.15, 0.2) is 5.16 Å². The summed E-state index contributed by atoms with van der Waals surface area (Å²) in [5, 5.41) is 15.6. The summed E-state index contributed by atoms with van der Waals surface area (Å²) in [6.45, 7) is 3.96. The molecular formula is C21H19FN6O2S. The van der Waals surface area contributed by atoms with Crippen LogP contribution in [0.15, 0.2) is 52.1 Å². The van der Waals surface area contributed by atoms with Gasteiger partial charge in [0.05, 0.1) is 5.75 Å². The van der Waals surface area contributed by atoms with E-state index in [0.29, 0.717) is 22.4 Å². The Kier molecular flexibility index (Phi) is 5.81. The number of carbonyl (C=O) groups excluding carboxylic acids is 1. The van der Waals surface area contributed by atoms with Gasteiger partial charge in [0, 0.05) is 18.3 Å². The number of anilines is 1. The van der Waals surface area contributed by atoms with E-state index in [2.05, 4.69) is 25.7 Å². The Labute approximate surface area is 181 Å². The van der Waals surface area contributed by atoms with Crippen LogP contribution in [0.25, 0.3) is 23.1 Å². The second kappa shape index (κ2) is 8.68. The van der Waals surface area contributed by atoms with E-state index < -0.39 is 0 Å². The zero-order valence-corrected chi connectivity index (χ0v) is 17.9. The second-order valence-electron chi connectivity index (χ2n) is 6.95. The third kappa shape index (κ3) is 4.64. The van der Waals surface area contributed by atoms with E-state index in [1.165, 1.54) is 23.9 Å². The molecule has 0 aliphatic heterocycles. The number of carbonyl (C=O) groups is 1. The number of amides is 1. The molecule has 0 saturated carbocycles. The Morgan fingerprint density at radius 2 is 1.94 bits per heavy atom. The van der Waals surface area contributed by atoms with Crippen LogP contribution in [0.5, 0.6) is 0 Å². The first-order chi connectivity index (χ1) is 14.9. The first kappa shape index (κ1) is 20.7. The van der Waals surface area contributed by atoms with Crippen LogP contribution in [0.3, 0.4) is 0 Å². The highest BCUT2D eigenvalue weighted by Crippen LogP contribution is 2.24. The number of aromatic nitrogens is 5. The highest BCUT2D eigenvalue weighted by Gasteiger charge is 2.19. The lowest BCUT2D eigenvalue weighted by atomic mass is 10.1. The minimum Gasteiger partial charge on any atom is -0.330 e. The average molecular weight is 438 g/mol. The van der Waals surface area contributed by atoms with Crippen LogP contribution in [-0.4, -0.2) is 36.6 Å². The van der Waals surface area contributed by atoms with Gasteiger partial charge >= 0.3 is 0 Å². The molecule has 0 radical (unpaired) electrons. The van der Waals surface area contributed by atoms with E-state index in [1.54, 1.807) is 23.7 Å². The van der Waals surface area contributed by atoms with Crippen molar-refractivity contribution in [3.63, 3.8) is 0 Å². The zero-order valence-electron chi connectivity index (χ0n) is 17.1. The first-order valence-electron chi connectivity index (χ1n) is 9.40. The maximum atomic E-state index is 13.1. The van der Waals surface area contributed by atoms with Gasteiger partial charge in [0.25, 0.3) is 5.89 Å². The van der Waals surface area contributed by atoms with Gasteiger partial charge in [0.2, 0.25) is 17.6 Å². The van der Waals surface area contributed by atoms with E-state index >= 15 is 0 Å². The van der Waals surface area contributed by atoms with Crippen molar-refractivity contribution in [1.29, 1.82) is 0 Å². The van der Waals surface area contributed by atoms with Crippen molar-refractivity contribution < 1.29 is 13.7 Å². The summed E-state index contributed by atoms with van der Waals surface area (Å²) in [5.41, 5.74) is 3.55. The second-order valence-corrected chi connectivity index (χ2v) is 7.89. The lowest BCUT2D eigenvalue weighted by Crippen LogP contribution is -2.15. The molecule has 2 aromatic heterocycles. The van der Waals surface area contributed by atoms with Crippen molar-refractivity contribution in [2.24, 2.45) is 7.05 Å². The van der Waals surface area contributed by atoms with Crippen LogP contribution in [0, 0.1) is 19.7 Å². The molecule has 0 saturated heterocycles. The zero-order chi connectivity index (χ0) is 22.0. The Hall–Kier alpha value is -3.53. The molecule has 0 unspecified atom stereocenters. The Morgan fingerprint density at radius 1 is 1.16 bits per heavy atom. The molecule has 0 aliphatic carbocycles. The van der Waals surface area contributed by atoms with Gasteiger partial charge in [-0.2, -0.15) is 4.98 Å². The lowest BCUT2D eigenvalue weighted by molar-refractivity contribution is -0.113. The summed E-state index contributed by atoms with van der Waals surface area (Å²) in [6, 6.07) is 11.6. The van der Waals surface area contributed by atoms with Gasteiger partial charge < -0.3 is 14.4 Å². The summed E-state index contributed by atoms with van der Waals surface area (Å²) < 4.78 is 20.1. The SMILES string of the molecule is Cc1ccc(NC(=O)CSc2nnc(-c3nc(-c4ccc(F)cc4)no3)n2C)c(C)c1.